The zero-order valence-electron chi connectivity index (χ0n) is 5.64. The van der Waals surface area contributed by atoms with E-state index in [1.54, 1.807) is 0 Å². The molecule has 1 rings (SSSR count). The van der Waals surface area contributed by atoms with E-state index in [9.17, 15) is 0 Å². The first-order chi connectivity index (χ1) is 4.39. The van der Waals surface area contributed by atoms with Crippen molar-refractivity contribution < 1.29 is 0 Å². The highest BCUT2D eigenvalue weighted by atomic mass is 14.5. The topological polar surface area (TPSA) is 26.0 Å². The maximum Gasteiger partial charge on any atom is 0.0270 e. The van der Waals surface area contributed by atoms with Gasteiger partial charge in [0.2, 0.25) is 0 Å². The molecule has 0 unspecified atom stereocenters. The molecule has 0 bridgehead atoms. The highest BCUT2D eigenvalue weighted by Crippen LogP contribution is 2.06. The van der Waals surface area contributed by atoms with Gasteiger partial charge in [-0.05, 0) is 31.8 Å². The van der Waals surface area contributed by atoms with Crippen molar-refractivity contribution in [3.63, 3.8) is 0 Å². The molecule has 1 heteroatoms. The van der Waals surface area contributed by atoms with E-state index in [2.05, 4.69) is 12.2 Å². The minimum absolute atomic E-state index is 0.926. The summed E-state index contributed by atoms with van der Waals surface area (Å²) in [4.78, 5) is 0. The molecule has 0 saturated carbocycles. The first-order valence-corrected chi connectivity index (χ1v) is 3.52. The SMILES string of the molecule is NC1=CCCCCC=C1. The van der Waals surface area contributed by atoms with Crippen molar-refractivity contribution in [3.8, 4) is 0 Å². The number of nitrogens with two attached hydrogens (primary N) is 1. The Labute approximate surface area is 56.2 Å². The van der Waals surface area contributed by atoms with Crippen LogP contribution in [0.3, 0.4) is 0 Å². The third-order valence-corrected chi connectivity index (χ3v) is 1.52. The zero-order chi connectivity index (χ0) is 6.53. The van der Waals surface area contributed by atoms with Crippen molar-refractivity contribution in [2.45, 2.75) is 25.7 Å². The number of hydrogen-bond acceptors (Lipinski definition) is 1. The fourth-order valence-electron chi connectivity index (χ4n) is 0.963. The summed E-state index contributed by atoms with van der Waals surface area (Å²) in [5.74, 6) is 0. The lowest BCUT2D eigenvalue weighted by atomic mass is 10.1. The molecule has 50 valence electrons. The van der Waals surface area contributed by atoms with Gasteiger partial charge in [-0.25, -0.2) is 0 Å². The Morgan fingerprint density at radius 3 is 2.89 bits per heavy atom. The van der Waals surface area contributed by atoms with Crippen LogP contribution in [0, 0.1) is 0 Å². The van der Waals surface area contributed by atoms with Gasteiger partial charge in [-0.3, -0.25) is 0 Å². The highest BCUT2D eigenvalue weighted by molar-refractivity contribution is 5.15. The van der Waals surface area contributed by atoms with Crippen LogP contribution in [0.25, 0.3) is 0 Å². The van der Waals surface area contributed by atoms with E-state index in [0.717, 1.165) is 12.1 Å². The average molecular weight is 123 g/mol. The maximum atomic E-state index is 5.58. The second-order valence-electron chi connectivity index (χ2n) is 2.39. The van der Waals surface area contributed by atoms with Gasteiger partial charge in [0, 0.05) is 5.70 Å². The Hall–Kier alpha value is -0.720. The molecule has 0 aromatic carbocycles. The predicted octanol–water partition coefficient (Wildman–Crippen LogP) is 1.96. The molecule has 0 aromatic rings. The fraction of sp³-hybridized carbons (Fsp3) is 0.500. The van der Waals surface area contributed by atoms with E-state index in [4.69, 9.17) is 5.73 Å². The van der Waals surface area contributed by atoms with Crippen LogP contribution in [0.4, 0.5) is 0 Å². The first kappa shape index (κ1) is 6.40. The summed E-state index contributed by atoms with van der Waals surface area (Å²) >= 11 is 0. The Balaban J connectivity index is 2.49. The van der Waals surface area contributed by atoms with Crippen LogP contribution in [-0.2, 0) is 0 Å². The summed E-state index contributed by atoms with van der Waals surface area (Å²) in [6.07, 6.45) is 11.2. The molecule has 0 radical (unpaired) electrons. The Morgan fingerprint density at radius 1 is 1.22 bits per heavy atom. The number of allylic oxidation sites excluding steroid dienone is 3. The molecule has 0 aromatic heterocycles. The molecule has 1 nitrogen and oxygen atoms in total. The number of rotatable bonds is 0. The van der Waals surface area contributed by atoms with Gasteiger partial charge in [-0.1, -0.05) is 12.2 Å². The average Bonchev–Trinajstić information content (AvgIpc) is 1.79. The van der Waals surface area contributed by atoms with Crippen molar-refractivity contribution in [2.75, 3.05) is 0 Å². The lowest BCUT2D eigenvalue weighted by Crippen LogP contribution is -1.93. The molecule has 0 spiro atoms. The normalized spacial score (nSPS) is 20.2. The van der Waals surface area contributed by atoms with E-state index in [0.29, 0.717) is 0 Å². The molecule has 9 heavy (non-hydrogen) atoms. The molecule has 0 amide bonds. The van der Waals surface area contributed by atoms with Crippen molar-refractivity contribution in [3.05, 3.63) is 23.9 Å². The van der Waals surface area contributed by atoms with Crippen LogP contribution in [0.15, 0.2) is 23.9 Å². The summed E-state index contributed by atoms with van der Waals surface area (Å²) in [6, 6.07) is 0. The molecule has 0 atom stereocenters. The lowest BCUT2D eigenvalue weighted by Gasteiger charge is -1.99. The third kappa shape index (κ3) is 2.36. The molecule has 0 heterocycles. The summed E-state index contributed by atoms with van der Waals surface area (Å²) in [5.41, 5.74) is 6.50. The predicted molar refractivity (Wildman–Crippen MR) is 39.9 cm³/mol. The van der Waals surface area contributed by atoms with E-state index in [1.165, 1.54) is 19.3 Å². The van der Waals surface area contributed by atoms with Gasteiger partial charge in [-0.15, -0.1) is 0 Å². The second kappa shape index (κ2) is 3.33. The maximum absolute atomic E-state index is 5.58. The highest BCUT2D eigenvalue weighted by Gasteiger charge is 1.89. The van der Waals surface area contributed by atoms with Crippen molar-refractivity contribution >= 4 is 0 Å². The second-order valence-corrected chi connectivity index (χ2v) is 2.39. The van der Waals surface area contributed by atoms with Crippen LogP contribution in [0.5, 0.6) is 0 Å². The van der Waals surface area contributed by atoms with Crippen LogP contribution in [-0.4, -0.2) is 0 Å². The zero-order valence-corrected chi connectivity index (χ0v) is 5.64. The molecular weight excluding hydrogens is 110 g/mol. The van der Waals surface area contributed by atoms with Crippen LogP contribution in [0.2, 0.25) is 0 Å². The monoisotopic (exact) mass is 123 g/mol. The van der Waals surface area contributed by atoms with Crippen LogP contribution >= 0.6 is 0 Å². The Morgan fingerprint density at radius 2 is 2.00 bits per heavy atom. The summed E-state index contributed by atoms with van der Waals surface area (Å²) in [7, 11) is 0. The molecule has 2 N–H and O–H groups in total. The van der Waals surface area contributed by atoms with E-state index >= 15 is 0 Å². The third-order valence-electron chi connectivity index (χ3n) is 1.52. The molecular formula is C8H13N. The van der Waals surface area contributed by atoms with Crippen molar-refractivity contribution in [1.82, 2.24) is 0 Å². The molecule has 0 saturated heterocycles. The summed E-state index contributed by atoms with van der Waals surface area (Å²) in [6.45, 7) is 0. The number of hydrogen-bond donors (Lipinski definition) is 1. The fourth-order valence-corrected chi connectivity index (χ4v) is 0.963. The van der Waals surface area contributed by atoms with Gasteiger partial charge in [0.1, 0.15) is 0 Å². The summed E-state index contributed by atoms with van der Waals surface area (Å²) < 4.78 is 0. The van der Waals surface area contributed by atoms with Gasteiger partial charge in [0.25, 0.3) is 0 Å². The Kier molecular flexibility index (Phi) is 2.37. The van der Waals surface area contributed by atoms with E-state index in [1.807, 2.05) is 6.08 Å². The Bertz CT molecular complexity index is 134. The largest absolute Gasteiger partial charge is 0.399 e. The van der Waals surface area contributed by atoms with E-state index < -0.39 is 0 Å². The molecule has 1 aliphatic carbocycles. The van der Waals surface area contributed by atoms with E-state index in [-0.39, 0.29) is 0 Å². The first-order valence-electron chi connectivity index (χ1n) is 3.52. The minimum atomic E-state index is 0.926. The van der Waals surface area contributed by atoms with Gasteiger partial charge in [0.15, 0.2) is 0 Å². The molecule has 0 aliphatic heterocycles. The van der Waals surface area contributed by atoms with Gasteiger partial charge >= 0.3 is 0 Å². The quantitative estimate of drug-likeness (QED) is 0.523. The van der Waals surface area contributed by atoms with Crippen molar-refractivity contribution in [1.29, 1.82) is 0 Å². The molecule has 0 fully saturated rings. The molecule has 1 aliphatic rings. The van der Waals surface area contributed by atoms with Gasteiger partial charge < -0.3 is 5.73 Å². The van der Waals surface area contributed by atoms with Gasteiger partial charge in [-0.2, -0.15) is 0 Å². The lowest BCUT2D eigenvalue weighted by molar-refractivity contribution is 0.754. The minimum Gasteiger partial charge on any atom is -0.399 e. The van der Waals surface area contributed by atoms with Crippen molar-refractivity contribution in [2.24, 2.45) is 5.73 Å². The standard InChI is InChI=1S/C8H13N/c9-8-6-4-2-1-3-5-7-8/h4,6-7H,1-3,5,9H2. The smallest absolute Gasteiger partial charge is 0.0270 e. The summed E-state index contributed by atoms with van der Waals surface area (Å²) in [5, 5.41) is 0. The van der Waals surface area contributed by atoms with Gasteiger partial charge in [0.05, 0.1) is 0 Å². The van der Waals surface area contributed by atoms with Crippen LogP contribution < -0.4 is 5.73 Å². The van der Waals surface area contributed by atoms with Crippen LogP contribution in [0.1, 0.15) is 25.7 Å².